The maximum Gasteiger partial charge on any atom is 0.410 e. The molecule has 1 amide bonds. The van der Waals surface area contributed by atoms with Gasteiger partial charge in [-0.2, -0.15) is 0 Å². The number of fused-ring (bicyclic) bond motifs is 1. The Bertz CT molecular complexity index is 897. The molecule has 0 saturated carbocycles. The van der Waals surface area contributed by atoms with Gasteiger partial charge in [-0.3, -0.25) is 10.1 Å². The van der Waals surface area contributed by atoms with Gasteiger partial charge in [0, 0.05) is 11.6 Å². The van der Waals surface area contributed by atoms with Gasteiger partial charge in [0.2, 0.25) is 0 Å². The zero-order valence-corrected chi connectivity index (χ0v) is 14.6. The fourth-order valence-electron chi connectivity index (χ4n) is 2.83. The van der Waals surface area contributed by atoms with E-state index in [-0.39, 0.29) is 18.0 Å². The highest BCUT2D eigenvalue weighted by Crippen LogP contribution is 2.32. The summed E-state index contributed by atoms with van der Waals surface area (Å²) in [7, 11) is 0. The fourth-order valence-corrected chi connectivity index (χ4v) is 2.83. The molecule has 0 fully saturated rings. The molecule has 0 radical (unpaired) electrons. The summed E-state index contributed by atoms with van der Waals surface area (Å²) in [5, 5.41) is 11.1. The molecule has 0 aromatic heterocycles. The lowest BCUT2D eigenvalue weighted by Crippen LogP contribution is -2.33. The maximum atomic E-state index is 12.1. The number of carbonyl (C=O) groups is 1. The van der Waals surface area contributed by atoms with Gasteiger partial charge < -0.3 is 20.1 Å². The molecule has 0 spiro atoms. The summed E-state index contributed by atoms with van der Waals surface area (Å²) in [5.41, 5.74) is 7.84. The number of nitrogens with zero attached hydrogens (tertiary/aromatic N) is 2. The first-order valence-corrected chi connectivity index (χ1v) is 8.32. The van der Waals surface area contributed by atoms with Crippen LogP contribution in [0.15, 0.2) is 49.1 Å². The second-order valence-electron chi connectivity index (χ2n) is 5.99. The average Bonchev–Trinajstić information content (AvgIpc) is 2.88. The minimum Gasteiger partial charge on any atom is -0.491 e. The van der Waals surface area contributed by atoms with Gasteiger partial charge >= 0.3 is 6.09 Å². The van der Waals surface area contributed by atoms with Crippen LogP contribution in [-0.2, 0) is 11.3 Å². The van der Waals surface area contributed by atoms with Crippen molar-refractivity contribution in [2.45, 2.75) is 6.54 Å². The van der Waals surface area contributed by atoms with Crippen LogP contribution in [0.5, 0.6) is 5.75 Å². The van der Waals surface area contributed by atoms with Crippen molar-refractivity contribution in [1.82, 2.24) is 4.90 Å². The van der Waals surface area contributed by atoms with E-state index in [4.69, 9.17) is 15.2 Å². The third kappa shape index (κ3) is 4.00. The summed E-state index contributed by atoms with van der Waals surface area (Å²) in [6.45, 7) is 4.72. The van der Waals surface area contributed by atoms with Crippen LogP contribution in [0.3, 0.4) is 0 Å². The first-order valence-electron chi connectivity index (χ1n) is 8.32. The molecule has 1 aliphatic heterocycles. The predicted octanol–water partition coefficient (Wildman–Crippen LogP) is 3.36. The standard InChI is InChI=1S/C19H19N3O5/c1-2-8-27-19(23)21-7-9-26-18-6-4-13(10-15(18)12-21)14-3-5-16(20)17(11-14)22(24)25/h2-6,10-11H,1,7-9,12,20H2. The maximum absolute atomic E-state index is 12.1. The normalized spacial score (nSPS) is 13.1. The number of nitrogens with two attached hydrogens (primary N) is 1. The predicted molar refractivity (Wildman–Crippen MR) is 100 cm³/mol. The number of anilines is 1. The van der Waals surface area contributed by atoms with Crippen molar-refractivity contribution in [1.29, 1.82) is 0 Å². The smallest absolute Gasteiger partial charge is 0.410 e. The summed E-state index contributed by atoms with van der Waals surface area (Å²) in [6.07, 6.45) is 1.06. The highest BCUT2D eigenvalue weighted by molar-refractivity contribution is 5.73. The number of nitro benzene ring substituents is 1. The number of rotatable bonds is 4. The number of ether oxygens (including phenoxy) is 2. The molecule has 27 heavy (non-hydrogen) atoms. The molecule has 0 aliphatic carbocycles. The highest BCUT2D eigenvalue weighted by Gasteiger charge is 2.21. The molecule has 1 heterocycles. The van der Waals surface area contributed by atoms with E-state index in [9.17, 15) is 14.9 Å². The summed E-state index contributed by atoms with van der Waals surface area (Å²) in [4.78, 5) is 24.3. The number of nitrogen functional groups attached to an aromatic ring is 1. The number of benzene rings is 2. The van der Waals surface area contributed by atoms with Crippen molar-refractivity contribution >= 4 is 17.5 Å². The van der Waals surface area contributed by atoms with Crippen molar-refractivity contribution in [3.63, 3.8) is 0 Å². The molecule has 0 bridgehead atoms. The number of nitro groups is 1. The summed E-state index contributed by atoms with van der Waals surface area (Å²) in [5.74, 6) is 0.669. The van der Waals surface area contributed by atoms with Crippen LogP contribution in [0.1, 0.15) is 5.56 Å². The molecule has 2 aromatic carbocycles. The third-order valence-corrected chi connectivity index (χ3v) is 4.18. The highest BCUT2D eigenvalue weighted by atomic mass is 16.6. The van der Waals surface area contributed by atoms with Gasteiger partial charge in [0.25, 0.3) is 5.69 Å². The van der Waals surface area contributed by atoms with Crippen molar-refractivity contribution in [3.8, 4) is 16.9 Å². The van der Waals surface area contributed by atoms with E-state index in [1.54, 1.807) is 17.0 Å². The van der Waals surface area contributed by atoms with E-state index in [0.717, 1.165) is 11.1 Å². The van der Waals surface area contributed by atoms with Crippen molar-refractivity contribution in [2.75, 3.05) is 25.5 Å². The number of hydrogen-bond acceptors (Lipinski definition) is 6. The first kappa shape index (κ1) is 18.2. The van der Waals surface area contributed by atoms with Gasteiger partial charge in [-0.25, -0.2) is 4.79 Å². The van der Waals surface area contributed by atoms with Crippen LogP contribution in [0.4, 0.5) is 16.2 Å². The Labute approximate surface area is 155 Å². The van der Waals surface area contributed by atoms with Crippen molar-refractivity contribution in [2.24, 2.45) is 0 Å². The molecular formula is C19H19N3O5. The zero-order valence-electron chi connectivity index (χ0n) is 14.6. The van der Waals surface area contributed by atoms with E-state index in [2.05, 4.69) is 6.58 Å². The molecule has 140 valence electrons. The molecule has 1 aliphatic rings. The van der Waals surface area contributed by atoms with E-state index in [0.29, 0.717) is 31.0 Å². The second kappa shape index (κ2) is 7.77. The zero-order chi connectivity index (χ0) is 19.4. The molecule has 2 N–H and O–H groups in total. The van der Waals surface area contributed by atoms with Gasteiger partial charge in [0.1, 0.15) is 24.7 Å². The Hall–Kier alpha value is -3.55. The molecular weight excluding hydrogens is 350 g/mol. The molecule has 0 atom stereocenters. The Kier molecular flexibility index (Phi) is 5.25. The second-order valence-corrected chi connectivity index (χ2v) is 5.99. The molecule has 8 heteroatoms. The minimum absolute atomic E-state index is 0.109. The van der Waals surface area contributed by atoms with Gasteiger partial charge in [0.15, 0.2) is 0 Å². The lowest BCUT2D eigenvalue weighted by atomic mass is 10.0. The van der Waals surface area contributed by atoms with E-state index >= 15 is 0 Å². The number of hydrogen-bond donors (Lipinski definition) is 1. The number of carbonyl (C=O) groups excluding carboxylic acids is 1. The van der Waals surface area contributed by atoms with Gasteiger partial charge in [-0.05, 0) is 29.3 Å². The number of amides is 1. The minimum atomic E-state index is -0.511. The Balaban J connectivity index is 1.91. The largest absolute Gasteiger partial charge is 0.491 e. The summed E-state index contributed by atoms with van der Waals surface area (Å²) >= 11 is 0. The molecule has 3 rings (SSSR count). The third-order valence-electron chi connectivity index (χ3n) is 4.18. The molecule has 8 nitrogen and oxygen atoms in total. The van der Waals surface area contributed by atoms with Gasteiger partial charge in [-0.15, -0.1) is 0 Å². The van der Waals surface area contributed by atoms with Crippen LogP contribution in [-0.4, -0.2) is 35.7 Å². The van der Waals surface area contributed by atoms with Crippen LogP contribution < -0.4 is 10.5 Å². The monoisotopic (exact) mass is 369 g/mol. The van der Waals surface area contributed by atoms with Crippen molar-refractivity contribution in [3.05, 3.63) is 64.7 Å². The van der Waals surface area contributed by atoms with Crippen LogP contribution >= 0.6 is 0 Å². The van der Waals surface area contributed by atoms with Crippen LogP contribution in [0.2, 0.25) is 0 Å². The van der Waals surface area contributed by atoms with E-state index < -0.39 is 11.0 Å². The lowest BCUT2D eigenvalue weighted by molar-refractivity contribution is -0.383. The Morgan fingerprint density at radius 2 is 2.07 bits per heavy atom. The summed E-state index contributed by atoms with van der Waals surface area (Å²) < 4.78 is 10.8. The van der Waals surface area contributed by atoms with Gasteiger partial charge in [-0.1, -0.05) is 24.8 Å². The summed E-state index contributed by atoms with van der Waals surface area (Å²) in [6, 6.07) is 10.1. The fraction of sp³-hybridized carbons (Fsp3) is 0.211. The van der Waals surface area contributed by atoms with E-state index in [1.807, 2.05) is 12.1 Å². The first-order chi connectivity index (χ1) is 13.0. The topological polar surface area (TPSA) is 108 Å². The van der Waals surface area contributed by atoms with Gasteiger partial charge in [0.05, 0.1) is 18.0 Å². The lowest BCUT2D eigenvalue weighted by Gasteiger charge is -2.19. The Morgan fingerprint density at radius 1 is 1.33 bits per heavy atom. The average molecular weight is 369 g/mol. The van der Waals surface area contributed by atoms with Crippen molar-refractivity contribution < 1.29 is 19.2 Å². The van der Waals surface area contributed by atoms with Crippen LogP contribution in [0.25, 0.3) is 11.1 Å². The Morgan fingerprint density at radius 3 is 2.81 bits per heavy atom. The molecule has 0 unspecified atom stereocenters. The molecule has 2 aromatic rings. The quantitative estimate of drug-likeness (QED) is 0.383. The van der Waals surface area contributed by atoms with Crippen LogP contribution in [0, 0.1) is 10.1 Å². The van der Waals surface area contributed by atoms with E-state index in [1.165, 1.54) is 18.2 Å². The molecule has 0 saturated heterocycles. The SMILES string of the molecule is C=CCOC(=O)N1CCOc2ccc(-c3ccc(N)c([N+](=O)[O-])c3)cc2C1.